The van der Waals surface area contributed by atoms with Crippen LogP contribution in [0.25, 0.3) is 6.08 Å². The quantitative estimate of drug-likeness (QED) is 0.378. The number of urea groups is 1. The van der Waals surface area contributed by atoms with Gasteiger partial charge >= 0.3 is 6.03 Å². The first-order valence-corrected chi connectivity index (χ1v) is 11.2. The molecule has 0 atom stereocenters. The number of methoxy groups -OCH3 is 1. The summed E-state index contributed by atoms with van der Waals surface area (Å²) in [5.74, 6) is -0.848. The van der Waals surface area contributed by atoms with Crippen LogP contribution in [-0.2, 0) is 16.2 Å². The Labute approximate surface area is 207 Å². The molecule has 0 aliphatic carbocycles. The molecule has 1 aliphatic heterocycles. The van der Waals surface area contributed by atoms with E-state index < -0.39 is 17.8 Å². The van der Waals surface area contributed by atoms with E-state index in [0.717, 1.165) is 21.6 Å². The lowest BCUT2D eigenvalue weighted by molar-refractivity contribution is -0.122. The van der Waals surface area contributed by atoms with Crippen LogP contribution in [-0.4, -0.2) is 25.0 Å². The second-order valence-corrected chi connectivity index (χ2v) is 8.44. The number of imide groups is 2. The number of nitrogens with one attached hydrogen (secondary N) is 1. The minimum atomic E-state index is -0.805. The molecule has 0 bridgehead atoms. The fraction of sp³-hybridized carbons (Fsp3) is 0.148. The number of barbiturate groups is 1. The number of ether oxygens (including phenoxy) is 2. The molecule has 1 aliphatic rings. The molecule has 4 rings (SSSR count). The summed E-state index contributed by atoms with van der Waals surface area (Å²) >= 11 is 6.47. The zero-order valence-electron chi connectivity index (χ0n) is 19.4. The Morgan fingerprint density at radius 2 is 1.71 bits per heavy atom. The van der Waals surface area contributed by atoms with Gasteiger partial charge in [0.25, 0.3) is 11.8 Å². The first kappa shape index (κ1) is 24.0. The van der Waals surface area contributed by atoms with Crippen LogP contribution in [0.2, 0.25) is 5.02 Å². The Morgan fingerprint density at radius 1 is 0.971 bits per heavy atom. The van der Waals surface area contributed by atoms with E-state index in [1.54, 1.807) is 24.3 Å². The number of amides is 4. The zero-order chi connectivity index (χ0) is 25.1. The molecule has 0 aromatic heterocycles. The summed E-state index contributed by atoms with van der Waals surface area (Å²) < 4.78 is 11.3. The van der Waals surface area contributed by atoms with Crippen molar-refractivity contribution in [3.05, 3.63) is 93.5 Å². The topological polar surface area (TPSA) is 84.9 Å². The first-order chi connectivity index (χ1) is 16.8. The molecule has 178 valence electrons. The minimum absolute atomic E-state index is 0.209. The molecule has 1 heterocycles. The summed E-state index contributed by atoms with van der Waals surface area (Å²) in [7, 11) is 1.47. The van der Waals surface area contributed by atoms with Crippen LogP contribution in [0.4, 0.5) is 10.5 Å². The summed E-state index contributed by atoms with van der Waals surface area (Å²) in [6, 6.07) is 17.1. The van der Waals surface area contributed by atoms with Gasteiger partial charge in [-0.2, -0.15) is 0 Å². The lowest BCUT2D eigenvalue weighted by atomic mass is 10.0. The molecule has 0 radical (unpaired) electrons. The summed E-state index contributed by atoms with van der Waals surface area (Å²) in [6.07, 6.45) is 1.37. The number of hydrogen-bond acceptors (Lipinski definition) is 5. The molecule has 1 N–H and O–H groups in total. The largest absolute Gasteiger partial charge is 0.493 e. The molecule has 0 spiro atoms. The van der Waals surface area contributed by atoms with Gasteiger partial charge in [0.2, 0.25) is 0 Å². The standard InChI is InChI=1S/C27H23ClN2O5/c1-16-9-10-20(11-17(16)2)30-26(32)21(25(31)29-27(30)33)12-19-13-22(28)24(23(14-19)34-3)35-15-18-7-5-4-6-8-18/h4-14H,15H2,1-3H3,(H,29,31,33)/b21-12+. The van der Waals surface area contributed by atoms with Gasteiger partial charge in [-0.05, 0) is 66.4 Å². The van der Waals surface area contributed by atoms with Crippen LogP contribution < -0.4 is 19.7 Å². The third-order valence-electron chi connectivity index (χ3n) is 5.64. The van der Waals surface area contributed by atoms with Crippen molar-refractivity contribution in [2.75, 3.05) is 12.0 Å². The van der Waals surface area contributed by atoms with Crippen molar-refractivity contribution in [3.8, 4) is 11.5 Å². The Balaban J connectivity index is 1.65. The average Bonchev–Trinajstić information content (AvgIpc) is 2.83. The van der Waals surface area contributed by atoms with Crippen molar-refractivity contribution in [2.24, 2.45) is 0 Å². The molecule has 3 aromatic carbocycles. The van der Waals surface area contributed by atoms with E-state index >= 15 is 0 Å². The molecular formula is C27H23ClN2O5. The number of hydrogen-bond donors (Lipinski definition) is 1. The van der Waals surface area contributed by atoms with Crippen molar-refractivity contribution >= 4 is 41.2 Å². The molecule has 1 fully saturated rings. The summed E-state index contributed by atoms with van der Waals surface area (Å²) in [4.78, 5) is 39.2. The van der Waals surface area contributed by atoms with Gasteiger partial charge in [-0.1, -0.05) is 48.0 Å². The highest BCUT2D eigenvalue weighted by molar-refractivity contribution is 6.39. The van der Waals surface area contributed by atoms with Gasteiger partial charge in [0.1, 0.15) is 12.2 Å². The van der Waals surface area contributed by atoms with Crippen LogP contribution in [0.3, 0.4) is 0 Å². The Bertz CT molecular complexity index is 1350. The van der Waals surface area contributed by atoms with Gasteiger partial charge in [-0.25, -0.2) is 9.69 Å². The number of benzene rings is 3. The number of nitrogens with zero attached hydrogens (tertiary/aromatic N) is 1. The summed E-state index contributed by atoms with van der Waals surface area (Å²) in [5.41, 5.74) is 3.48. The van der Waals surface area contributed by atoms with Gasteiger partial charge in [0.05, 0.1) is 17.8 Å². The highest BCUT2D eigenvalue weighted by Crippen LogP contribution is 2.38. The van der Waals surface area contributed by atoms with E-state index in [1.165, 1.54) is 13.2 Å². The number of aryl methyl sites for hydroxylation is 2. The number of carbonyl (C=O) groups excluding carboxylic acids is 3. The zero-order valence-corrected chi connectivity index (χ0v) is 20.2. The van der Waals surface area contributed by atoms with Crippen molar-refractivity contribution < 1.29 is 23.9 Å². The minimum Gasteiger partial charge on any atom is -0.493 e. The highest BCUT2D eigenvalue weighted by Gasteiger charge is 2.37. The number of anilines is 1. The number of rotatable bonds is 6. The van der Waals surface area contributed by atoms with Gasteiger partial charge in [0, 0.05) is 0 Å². The van der Waals surface area contributed by atoms with E-state index in [2.05, 4.69) is 5.32 Å². The van der Waals surface area contributed by atoms with E-state index in [-0.39, 0.29) is 17.2 Å². The van der Waals surface area contributed by atoms with E-state index in [4.69, 9.17) is 21.1 Å². The lowest BCUT2D eigenvalue weighted by Crippen LogP contribution is -2.54. The van der Waals surface area contributed by atoms with Gasteiger partial charge in [-0.15, -0.1) is 0 Å². The smallest absolute Gasteiger partial charge is 0.335 e. The van der Waals surface area contributed by atoms with E-state index in [9.17, 15) is 14.4 Å². The van der Waals surface area contributed by atoms with Crippen LogP contribution in [0.15, 0.2) is 66.2 Å². The molecular weight excluding hydrogens is 468 g/mol. The molecule has 3 aromatic rings. The number of carbonyl (C=O) groups is 3. The summed E-state index contributed by atoms with van der Waals surface area (Å²) in [5, 5.41) is 2.47. The van der Waals surface area contributed by atoms with Crippen LogP contribution in [0.5, 0.6) is 11.5 Å². The second kappa shape index (κ2) is 10.0. The lowest BCUT2D eigenvalue weighted by Gasteiger charge is -2.27. The fourth-order valence-electron chi connectivity index (χ4n) is 3.62. The SMILES string of the molecule is COc1cc(/C=C2\C(=O)NC(=O)N(c3ccc(C)c(C)c3)C2=O)cc(Cl)c1OCc1ccccc1. The Hall–Kier alpha value is -4.10. The predicted octanol–water partition coefficient (Wildman–Crippen LogP) is 5.21. The van der Waals surface area contributed by atoms with Crippen LogP contribution in [0, 0.1) is 13.8 Å². The molecule has 7 nitrogen and oxygen atoms in total. The van der Waals surface area contributed by atoms with E-state index in [1.807, 2.05) is 50.2 Å². The maximum Gasteiger partial charge on any atom is 0.335 e. The normalized spacial score (nSPS) is 14.8. The molecule has 8 heteroatoms. The maximum atomic E-state index is 13.2. The molecule has 0 saturated carbocycles. The highest BCUT2D eigenvalue weighted by atomic mass is 35.5. The second-order valence-electron chi connectivity index (χ2n) is 8.03. The van der Waals surface area contributed by atoms with Gasteiger partial charge in [-0.3, -0.25) is 14.9 Å². The average molecular weight is 491 g/mol. The van der Waals surface area contributed by atoms with E-state index in [0.29, 0.717) is 22.7 Å². The molecule has 35 heavy (non-hydrogen) atoms. The predicted molar refractivity (Wildman–Crippen MR) is 134 cm³/mol. The van der Waals surface area contributed by atoms with Crippen LogP contribution in [0.1, 0.15) is 22.3 Å². The third kappa shape index (κ3) is 5.05. The number of halogens is 1. The molecule has 1 saturated heterocycles. The van der Waals surface area contributed by atoms with Crippen molar-refractivity contribution in [1.29, 1.82) is 0 Å². The molecule has 4 amide bonds. The molecule has 0 unspecified atom stereocenters. The fourth-order valence-corrected chi connectivity index (χ4v) is 3.89. The Morgan fingerprint density at radius 3 is 2.40 bits per heavy atom. The summed E-state index contributed by atoms with van der Waals surface area (Å²) in [6.45, 7) is 4.09. The van der Waals surface area contributed by atoms with Gasteiger partial charge < -0.3 is 9.47 Å². The maximum absolute atomic E-state index is 13.2. The van der Waals surface area contributed by atoms with Gasteiger partial charge in [0.15, 0.2) is 11.5 Å². The Kier molecular flexibility index (Phi) is 6.89. The third-order valence-corrected chi connectivity index (χ3v) is 5.92. The first-order valence-electron chi connectivity index (χ1n) is 10.8. The van der Waals surface area contributed by atoms with Crippen LogP contribution >= 0.6 is 11.6 Å². The van der Waals surface area contributed by atoms with Crippen molar-refractivity contribution in [1.82, 2.24) is 5.32 Å². The monoisotopic (exact) mass is 490 g/mol. The van der Waals surface area contributed by atoms with Crippen molar-refractivity contribution in [3.63, 3.8) is 0 Å². The van der Waals surface area contributed by atoms with Crippen molar-refractivity contribution in [2.45, 2.75) is 20.5 Å².